The van der Waals surface area contributed by atoms with E-state index in [9.17, 15) is 15.0 Å². The van der Waals surface area contributed by atoms with Crippen molar-refractivity contribution in [3.8, 4) is 11.5 Å². The molecule has 0 radical (unpaired) electrons. The predicted molar refractivity (Wildman–Crippen MR) is 89.8 cm³/mol. The summed E-state index contributed by atoms with van der Waals surface area (Å²) in [7, 11) is 0. The molecule has 2 heterocycles. The standard InChI is InChI=1S/C20H23NO4/c22-13-4-3-12-9-15-20(24)6-5-14(23)18-19(20,16(12)17(13)25-18)7-8-21(15)10-11-1-2-11/h3-4,11,15,18,22,24H,1-2,5-10H2/t15-,18?,19?,20?/m1/s1. The number of hydrogen-bond acceptors (Lipinski definition) is 5. The molecule has 4 atom stereocenters. The first-order valence-corrected chi connectivity index (χ1v) is 9.56. The number of ketones is 1. The van der Waals surface area contributed by atoms with Crippen LogP contribution in [0.1, 0.15) is 43.2 Å². The van der Waals surface area contributed by atoms with Crippen LogP contribution in [0.25, 0.3) is 0 Å². The van der Waals surface area contributed by atoms with Crippen LogP contribution in [0.3, 0.4) is 0 Å². The average molecular weight is 341 g/mol. The molecular weight excluding hydrogens is 318 g/mol. The number of carbonyl (C=O) groups excluding carboxylic acids is 1. The van der Waals surface area contributed by atoms with Gasteiger partial charge < -0.3 is 14.9 Å². The smallest absolute Gasteiger partial charge is 0.174 e. The lowest BCUT2D eigenvalue weighted by Crippen LogP contribution is -2.76. The summed E-state index contributed by atoms with van der Waals surface area (Å²) < 4.78 is 6.04. The van der Waals surface area contributed by atoms with Gasteiger partial charge in [-0.15, -0.1) is 0 Å². The van der Waals surface area contributed by atoms with Gasteiger partial charge in [0.1, 0.15) is 0 Å². The van der Waals surface area contributed by atoms with Crippen LogP contribution in [-0.4, -0.2) is 51.7 Å². The highest BCUT2D eigenvalue weighted by Gasteiger charge is 2.73. The highest BCUT2D eigenvalue weighted by Crippen LogP contribution is 2.64. The summed E-state index contributed by atoms with van der Waals surface area (Å²) in [6.45, 7) is 1.95. The lowest BCUT2D eigenvalue weighted by Gasteiger charge is -2.62. The highest BCUT2D eigenvalue weighted by molar-refractivity contribution is 5.90. The van der Waals surface area contributed by atoms with Crippen molar-refractivity contribution in [2.24, 2.45) is 5.92 Å². The van der Waals surface area contributed by atoms with E-state index < -0.39 is 17.1 Å². The fourth-order valence-electron chi connectivity index (χ4n) is 6.26. The van der Waals surface area contributed by atoms with Gasteiger partial charge in [-0.2, -0.15) is 0 Å². The van der Waals surface area contributed by atoms with Gasteiger partial charge in [-0.3, -0.25) is 9.69 Å². The van der Waals surface area contributed by atoms with Crippen LogP contribution in [0.5, 0.6) is 11.5 Å². The zero-order valence-electron chi connectivity index (χ0n) is 14.2. The molecule has 3 unspecified atom stereocenters. The Morgan fingerprint density at radius 1 is 1.28 bits per heavy atom. The molecule has 3 aliphatic carbocycles. The number of phenolic OH excluding ortho intramolecular Hbond substituents is 1. The van der Waals surface area contributed by atoms with E-state index in [2.05, 4.69) is 4.90 Å². The Morgan fingerprint density at radius 2 is 2.12 bits per heavy atom. The van der Waals surface area contributed by atoms with Crippen LogP contribution in [0.2, 0.25) is 0 Å². The van der Waals surface area contributed by atoms with Gasteiger partial charge in [0, 0.05) is 24.6 Å². The first-order chi connectivity index (χ1) is 12.0. The predicted octanol–water partition coefficient (Wildman–Crippen LogP) is 1.53. The molecule has 1 spiro atoms. The van der Waals surface area contributed by atoms with Crippen molar-refractivity contribution in [3.63, 3.8) is 0 Å². The van der Waals surface area contributed by atoms with E-state index in [1.807, 2.05) is 6.07 Å². The summed E-state index contributed by atoms with van der Waals surface area (Å²) in [6.07, 6.45) is 4.33. The van der Waals surface area contributed by atoms with Crippen molar-refractivity contribution in [3.05, 3.63) is 23.3 Å². The fraction of sp³-hybridized carbons (Fsp3) is 0.650. The maximum absolute atomic E-state index is 12.7. The van der Waals surface area contributed by atoms with E-state index in [4.69, 9.17) is 4.74 Å². The number of likely N-dealkylation sites (tertiary alicyclic amines) is 1. The molecule has 1 aromatic rings. The number of hydrogen-bond donors (Lipinski definition) is 2. The fourth-order valence-corrected chi connectivity index (χ4v) is 6.26. The van der Waals surface area contributed by atoms with Gasteiger partial charge in [0.25, 0.3) is 0 Å². The van der Waals surface area contributed by atoms with Crippen molar-refractivity contribution in [1.29, 1.82) is 0 Å². The van der Waals surface area contributed by atoms with E-state index in [0.29, 0.717) is 18.6 Å². The van der Waals surface area contributed by atoms with Crippen molar-refractivity contribution < 1.29 is 19.7 Å². The molecular formula is C20H23NO4. The zero-order valence-corrected chi connectivity index (χ0v) is 14.2. The lowest BCUT2D eigenvalue weighted by atomic mass is 9.49. The topological polar surface area (TPSA) is 70.0 Å². The van der Waals surface area contributed by atoms with Gasteiger partial charge in [-0.25, -0.2) is 0 Å². The first kappa shape index (κ1) is 14.6. The molecule has 25 heavy (non-hydrogen) atoms. The third-order valence-corrected chi connectivity index (χ3v) is 7.56. The number of carbonyl (C=O) groups is 1. The van der Waals surface area contributed by atoms with Gasteiger partial charge in [0.05, 0.1) is 11.0 Å². The second-order valence-electron chi connectivity index (χ2n) is 8.72. The maximum Gasteiger partial charge on any atom is 0.174 e. The van der Waals surface area contributed by atoms with E-state index in [-0.39, 0.29) is 17.6 Å². The normalized spacial score (nSPS) is 41.4. The molecule has 0 aromatic heterocycles. The molecule has 132 valence electrons. The number of aliphatic hydroxyl groups is 1. The van der Waals surface area contributed by atoms with Crippen LogP contribution < -0.4 is 4.74 Å². The second-order valence-corrected chi connectivity index (χ2v) is 8.72. The molecule has 5 nitrogen and oxygen atoms in total. The molecule has 1 aromatic carbocycles. The summed E-state index contributed by atoms with van der Waals surface area (Å²) in [5, 5.41) is 22.3. The molecule has 2 N–H and O–H groups in total. The van der Waals surface area contributed by atoms with Crippen LogP contribution >= 0.6 is 0 Å². The van der Waals surface area contributed by atoms with Gasteiger partial charge in [0.2, 0.25) is 0 Å². The van der Waals surface area contributed by atoms with Crippen LogP contribution in [0, 0.1) is 5.92 Å². The average Bonchev–Trinajstić information content (AvgIpc) is 3.32. The Balaban J connectivity index is 1.58. The van der Waals surface area contributed by atoms with Crippen LogP contribution in [0.4, 0.5) is 0 Å². The number of benzene rings is 1. The Morgan fingerprint density at radius 3 is 2.92 bits per heavy atom. The Hall–Kier alpha value is -1.59. The lowest BCUT2D eigenvalue weighted by molar-refractivity contribution is -0.188. The number of aromatic hydroxyl groups is 1. The summed E-state index contributed by atoms with van der Waals surface area (Å²) in [4.78, 5) is 15.2. The Bertz CT molecular complexity index is 803. The van der Waals surface area contributed by atoms with Crippen molar-refractivity contribution in [1.82, 2.24) is 4.90 Å². The van der Waals surface area contributed by atoms with Crippen LogP contribution in [-0.2, 0) is 16.6 Å². The number of nitrogens with zero attached hydrogens (tertiary/aromatic N) is 1. The Labute approximate surface area is 146 Å². The van der Waals surface area contributed by atoms with Gasteiger partial charge >= 0.3 is 0 Å². The number of phenols is 1. The van der Waals surface area contributed by atoms with E-state index in [1.54, 1.807) is 6.07 Å². The van der Waals surface area contributed by atoms with Crippen molar-refractivity contribution in [2.45, 2.75) is 61.7 Å². The second kappa shape index (κ2) is 4.38. The molecule has 2 bridgehead atoms. The molecule has 3 fully saturated rings. The summed E-state index contributed by atoms with van der Waals surface area (Å²) in [6, 6.07) is 3.69. The molecule has 2 aliphatic heterocycles. The van der Waals surface area contributed by atoms with Crippen molar-refractivity contribution >= 4 is 5.78 Å². The molecule has 2 saturated carbocycles. The zero-order chi connectivity index (χ0) is 17.0. The summed E-state index contributed by atoms with van der Waals surface area (Å²) >= 11 is 0. The highest BCUT2D eigenvalue weighted by atomic mass is 16.5. The monoisotopic (exact) mass is 341 g/mol. The van der Waals surface area contributed by atoms with E-state index >= 15 is 0 Å². The van der Waals surface area contributed by atoms with E-state index in [1.165, 1.54) is 12.8 Å². The minimum atomic E-state index is -0.940. The van der Waals surface area contributed by atoms with Crippen LogP contribution in [0.15, 0.2) is 12.1 Å². The number of ether oxygens (including phenoxy) is 1. The number of Topliss-reactive ketones (excluding diaryl/α,β-unsaturated/α-hetero) is 1. The number of piperidine rings is 1. The summed E-state index contributed by atoms with van der Waals surface area (Å²) in [5.74, 6) is 1.39. The van der Waals surface area contributed by atoms with Gasteiger partial charge in [-0.1, -0.05) is 6.07 Å². The summed E-state index contributed by atoms with van der Waals surface area (Å²) in [5.41, 5.74) is 0.454. The third-order valence-electron chi connectivity index (χ3n) is 7.56. The molecule has 5 aliphatic rings. The minimum Gasteiger partial charge on any atom is -0.504 e. The number of rotatable bonds is 2. The molecule has 1 saturated heterocycles. The third kappa shape index (κ3) is 1.56. The van der Waals surface area contributed by atoms with Gasteiger partial charge in [0.15, 0.2) is 23.4 Å². The first-order valence-electron chi connectivity index (χ1n) is 9.56. The molecule has 6 rings (SSSR count). The molecule has 0 amide bonds. The molecule has 5 heteroatoms. The Kier molecular flexibility index (Phi) is 2.55. The SMILES string of the molecule is O=C1CCC2(O)[C@H]3Cc4ccc(O)c5c4C2(CCN3CC2CC2)C1O5. The maximum atomic E-state index is 12.7. The van der Waals surface area contributed by atoms with Crippen molar-refractivity contribution in [2.75, 3.05) is 13.1 Å². The quantitative estimate of drug-likeness (QED) is 0.854. The van der Waals surface area contributed by atoms with Gasteiger partial charge in [-0.05, 0) is 56.2 Å². The van der Waals surface area contributed by atoms with E-state index in [0.717, 1.165) is 43.0 Å². The minimum absolute atomic E-state index is 0.0454. The largest absolute Gasteiger partial charge is 0.504 e.